The van der Waals surface area contributed by atoms with Crippen LogP contribution in [0.25, 0.3) is 0 Å². The molecule has 8 heteroatoms. The molecule has 0 fully saturated rings. The number of ether oxygens (including phenoxy) is 2. The van der Waals surface area contributed by atoms with Gasteiger partial charge in [-0.15, -0.1) is 0 Å². The summed E-state index contributed by atoms with van der Waals surface area (Å²) in [7, 11) is -1.14. The zero-order valence-electron chi connectivity index (χ0n) is 13.0. The Balaban J connectivity index is 2.21. The quantitative estimate of drug-likeness (QED) is 0.358. The molecule has 0 unspecified atom stereocenters. The van der Waals surface area contributed by atoms with Crippen molar-refractivity contribution in [2.24, 2.45) is 0 Å². The van der Waals surface area contributed by atoms with Crippen LogP contribution in [0.4, 0.5) is 4.79 Å². The Morgan fingerprint density at radius 2 is 2.10 bits per heavy atom. The summed E-state index contributed by atoms with van der Waals surface area (Å²) in [6, 6.07) is -0.172. The van der Waals surface area contributed by atoms with E-state index in [0.29, 0.717) is 6.61 Å². The van der Waals surface area contributed by atoms with Crippen LogP contribution >= 0.6 is 0 Å². The number of imidazole rings is 1. The number of nitrogens with zero attached hydrogens (tertiary/aromatic N) is 2. The molecule has 1 aromatic heterocycles. The van der Waals surface area contributed by atoms with Crippen LogP contribution in [-0.4, -0.2) is 49.1 Å². The Morgan fingerprint density at radius 3 is 2.67 bits per heavy atom. The van der Waals surface area contributed by atoms with Gasteiger partial charge >= 0.3 is 12.0 Å². The molecule has 0 aliphatic rings. The van der Waals surface area contributed by atoms with Gasteiger partial charge in [-0.2, -0.15) is 0 Å². The molecule has 118 valence electrons. The largest absolute Gasteiger partial charge is 0.437 e. The second kappa shape index (κ2) is 7.94. The van der Waals surface area contributed by atoms with Gasteiger partial charge in [-0.3, -0.25) is 4.57 Å². The lowest BCUT2D eigenvalue weighted by Crippen LogP contribution is -2.41. The van der Waals surface area contributed by atoms with Crippen molar-refractivity contribution in [2.45, 2.75) is 38.7 Å². The first-order valence-corrected chi connectivity index (χ1v) is 10.5. The Hall–Kier alpha value is -1.67. The minimum atomic E-state index is -1.14. The Kier molecular flexibility index (Phi) is 6.57. The lowest BCUT2D eigenvalue weighted by Gasteiger charge is -2.16. The predicted molar refractivity (Wildman–Crippen MR) is 80.7 cm³/mol. The van der Waals surface area contributed by atoms with Crippen LogP contribution in [0.2, 0.25) is 25.7 Å². The number of aromatic nitrogens is 2. The van der Waals surface area contributed by atoms with E-state index in [0.717, 1.165) is 6.04 Å². The molecule has 1 N–H and O–H groups in total. The standard InChI is InChI=1S/C13H23N3O4Si/c1-11(15-13(18)16-6-5-14-9-16)12(17)20-10-19-7-8-21(2,3)4/h5-6,9,11H,7-8,10H2,1-4H3,(H,15,18)/t11-/m0/s1. The summed E-state index contributed by atoms with van der Waals surface area (Å²) >= 11 is 0. The molecule has 0 radical (unpaired) electrons. The minimum absolute atomic E-state index is 0.0887. The van der Waals surface area contributed by atoms with Crippen LogP contribution in [0.5, 0.6) is 0 Å². The zero-order chi connectivity index (χ0) is 15.9. The highest BCUT2D eigenvalue weighted by atomic mass is 28.3. The first-order chi connectivity index (χ1) is 9.79. The van der Waals surface area contributed by atoms with Gasteiger partial charge in [-0.05, 0) is 13.0 Å². The smallest absolute Gasteiger partial charge is 0.330 e. The van der Waals surface area contributed by atoms with E-state index in [-0.39, 0.29) is 6.79 Å². The molecule has 1 heterocycles. The first-order valence-electron chi connectivity index (χ1n) is 6.83. The molecule has 0 spiro atoms. The molecular formula is C13H23N3O4Si. The summed E-state index contributed by atoms with van der Waals surface area (Å²) in [5.41, 5.74) is 0. The first kappa shape index (κ1) is 17.4. The Labute approximate surface area is 125 Å². The summed E-state index contributed by atoms with van der Waals surface area (Å²) in [6.45, 7) is 8.79. The molecule has 0 saturated heterocycles. The molecule has 0 bridgehead atoms. The molecule has 21 heavy (non-hydrogen) atoms. The van der Waals surface area contributed by atoms with E-state index in [9.17, 15) is 9.59 Å². The van der Waals surface area contributed by atoms with Crippen molar-refractivity contribution in [3.05, 3.63) is 18.7 Å². The average Bonchev–Trinajstić information content (AvgIpc) is 2.90. The van der Waals surface area contributed by atoms with Crippen LogP contribution in [0.1, 0.15) is 6.92 Å². The number of esters is 1. The normalized spacial score (nSPS) is 12.8. The van der Waals surface area contributed by atoms with Gasteiger partial charge in [0.2, 0.25) is 0 Å². The van der Waals surface area contributed by atoms with Gasteiger partial charge < -0.3 is 14.8 Å². The fourth-order valence-electron chi connectivity index (χ4n) is 1.36. The van der Waals surface area contributed by atoms with Crippen LogP contribution in [0.3, 0.4) is 0 Å². The lowest BCUT2D eigenvalue weighted by molar-refractivity contribution is -0.157. The van der Waals surface area contributed by atoms with Crippen LogP contribution in [0.15, 0.2) is 18.7 Å². The summed E-state index contributed by atoms with van der Waals surface area (Å²) < 4.78 is 11.5. The fraction of sp³-hybridized carbons (Fsp3) is 0.615. The van der Waals surface area contributed by atoms with Crippen molar-refractivity contribution >= 4 is 20.1 Å². The Morgan fingerprint density at radius 1 is 1.38 bits per heavy atom. The van der Waals surface area contributed by atoms with Gasteiger partial charge in [-0.1, -0.05) is 19.6 Å². The van der Waals surface area contributed by atoms with Gasteiger partial charge in [0.15, 0.2) is 6.79 Å². The van der Waals surface area contributed by atoms with Gasteiger partial charge in [0.05, 0.1) is 0 Å². The monoisotopic (exact) mass is 313 g/mol. The highest BCUT2D eigenvalue weighted by Gasteiger charge is 2.18. The van der Waals surface area contributed by atoms with Crippen LogP contribution < -0.4 is 5.32 Å². The highest BCUT2D eigenvalue weighted by Crippen LogP contribution is 2.07. The number of carbonyl (C=O) groups excluding carboxylic acids is 2. The van der Waals surface area contributed by atoms with E-state index >= 15 is 0 Å². The number of hydrogen-bond acceptors (Lipinski definition) is 5. The summed E-state index contributed by atoms with van der Waals surface area (Å²) in [4.78, 5) is 27.1. The van der Waals surface area contributed by atoms with Gasteiger partial charge in [0, 0.05) is 27.1 Å². The molecule has 1 aromatic rings. The van der Waals surface area contributed by atoms with Crippen molar-refractivity contribution in [1.29, 1.82) is 0 Å². The van der Waals surface area contributed by atoms with Crippen LogP contribution in [-0.2, 0) is 14.3 Å². The van der Waals surface area contributed by atoms with Crippen molar-refractivity contribution in [2.75, 3.05) is 13.4 Å². The second-order valence-electron chi connectivity index (χ2n) is 5.94. The third kappa shape index (κ3) is 7.05. The molecule has 0 aliphatic heterocycles. The molecule has 1 atom stereocenters. The molecule has 1 amide bonds. The molecule has 0 aromatic carbocycles. The van der Waals surface area contributed by atoms with Crippen molar-refractivity contribution < 1.29 is 19.1 Å². The number of amides is 1. The third-order valence-electron chi connectivity index (χ3n) is 2.71. The number of hydrogen-bond donors (Lipinski definition) is 1. The predicted octanol–water partition coefficient (Wildman–Crippen LogP) is 1.68. The van der Waals surface area contributed by atoms with E-state index in [4.69, 9.17) is 9.47 Å². The van der Waals surface area contributed by atoms with E-state index in [1.54, 1.807) is 6.92 Å². The van der Waals surface area contributed by atoms with Gasteiger partial charge in [0.25, 0.3) is 0 Å². The maximum absolute atomic E-state index is 11.7. The number of carbonyl (C=O) groups is 2. The van der Waals surface area contributed by atoms with E-state index in [1.807, 2.05) is 0 Å². The minimum Gasteiger partial charge on any atom is -0.437 e. The highest BCUT2D eigenvalue weighted by molar-refractivity contribution is 6.76. The second-order valence-corrected chi connectivity index (χ2v) is 11.6. The van der Waals surface area contributed by atoms with Crippen molar-refractivity contribution in [3.63, 3.8) is 0 Å². The molecule has 0 saturated carbocycles. The van der Waals surface area contributed by atoms with E-state index < -0.39 is 26.1 Å². The van der Waals surface area contributed by atoms with Crippen LogP contribution in [0, 0.1) is 0 Å². The molecule has 0 aliphatic carbocycles. The SMILES string of the molecule is C[C@H](NC(=O)n1ccnc1)C(=O)OCOCC[Si](C)(C)C. The molecule has 1 rings (SSSR count). The van der Waals surface area contributed by atoms with E-state index in [2.05, 4.69) is 29.9 Å². The average molecular weight is 313 g/mol. The van der Waals surface area contributed by atoms with Gasteiger partial charge in [0.1, 0.15) is 12.4 Å². The maximum Gasteiger partial charge on any atom is 0.330 e. The summed E-state index contributed by atoms with van der Waals surface area (Å²) in [5, 5.41) is 2.51. The zero-order valence-corrected chi connectivity index (χ0v) is 14.0. The molecule has 7 nitrogen and oxygen atoms in total. The van der Waals surface area contributed by atoms with Crippen molar-refractivity contribution in [3.8, 4) is 0 Å². The fourth-order valence-corrected chi connectivity index (χ4v) is 2.12. The maximum atomic E-state index is 11.7. The molecular weight excluding hydrogens is 290 g/mol. The lowest BCUT2D eigenvalue weighted by atomic mass is 10.3. The number of rotatable bonds is 7. The summed E-state index contributed by atoms with van der Waals surface area (Å²) in [6.07, 6.45) is 4.33. The third-order valence-corrected chi connectivity index (χ3v) is 4.42. The number of nitrogens with one attached hydrogen (secondary N) is 1. The summed E-state index contributed by atoms with van der Waals surface area (Å²) in [5.74, 6) is -0.531. The Bertz CT molecular complexity index is 456. The van der Waals surface area contributed by atoms with E-state index in [1.165, 1.54) is 23.3 Å². The topological polar surface area (TPSA) is 82.5 Å². The van der Waals surface area contributed by atoms with Gasteiger partial charge in [-0.25, -0.2) is 14.6 Å². The van der Waals surface area contributed by atoms with Crippen molar-refractivity contribution in [1.82, 2.24) is 14.9 Å².